The molecule has 9 heteroatoms. The van der Waals surface area contributed by atoms with Gasteiger partial charge in [-0.3, -0.25) is 0 Å². The standard InChI is InChI=1S/C24H27Cl2N3O4/c1-13(2)33-24-16-9-20(28-15-6-5-7-32-12-15)27-11-14(16)8-17(29-24)21-22(25)18(30-3)10-19(31-4)23(21)26/h8-11,13,15H,5-7,12H2,1-4H3,(H,27,28). The number of fused-ring (bicyclic) bond motifs is 1. The number of rotatable bonds is 7. The molecule has 1 aliphatic heterocycles. The van der Waals surface area contributed by atoms with Crippen LogP contribution in [0.3, 0.4) is 0 Å². The second-order valence-electron chi connectivity index (χ2n) is 8.11. The summed E-state index contributed by atoms with van der Waals surface area (Å²) in [5.74, 6) is 2.10. The zero-order valence-electron chi connectivity index (χ0n) is 19.1. The summed E-state index contributed by atoms with van der Waals surface area (Å²) in [5, 5.41) is 5.82. The first-order valence-electron chi connectivity index (χ1n) is 10.8. The summed E-state index contributed by atoms with van der Waals surface area (Å²) in [5.41, 5.74) is 1.04. The van der Waals surface area contributed by atoms with Crippen molar-refractivity contribution < 1.29 is 18.9 Å². The van der Waals surface area contributed by atoms with E-state index in [2.05, 4.69) is 10.3 Å². The van der Waals surface area contributed by atoms with Gasteiger partial charge < -0.3 is 24.3 Å². The number of methoxy groups -OCH3 is 2. The SMILES string of the molecule is COc1cc(OC)c(Cl)c(-c2cc3cnc(NC4CCCOC4)cc3c(OC(C)C)n2)c1Cl. The molecule has 1 atom stereocenters. The third-order valence-corrected chi connectivity index (χ3v) is 6.12. The molecule has 0 radical (unpaired) electrons. The minimum absolute atomic E-state index is 0.0851. The van der Waals surface area contributed by atoms with Crippen LogP contribution < -0.4 is 19.5 Å². The van der Waals surface area contributed by atoms with Crippen molar-refractivity contribution in [2.75, 3.05) is 32.8 Å². The molecule has 7 nitrogen and oxygen atoms in total. The van der Waals surface area contributed by atoms with E-state index in [1.165, 1.54) is 14.2 Å². The van der Waals surface area contributed by atoms with Gasteiger partial charge >= 0.3 is 0 Å². The monoisotopic (exact) mass is 491 g/mol. The molecule has 0 spiro atoms. The number of anilines is 1. The molecule has 3 aromatic rings. The second kappa shape index (κ2) is 10.2. The van der Waals surface area contributed by atoms with Gasteiger partial charge in [-0.05, 0) is 38.8 Å². The molecule has 176 valence electrons. The van der Waals surface area contributed by atoms with E-state index in [9.17, 15) is 0 Å². The molecule has 33 heavy (non-hydrogen) atoms. The lowest BCUT2D eigenvalue weighted by atomic mass is 10.1. The van der Waals surface area contributed by atoms with Crippen molar-refractivity contribution >= 4 is 39.8 Å². The molecule has 1 N–H and O–H groups in total. The first-order valence-corrected chi connectivity index (χ1v) is 11.6. The summed E-state index contributed by atoms with van der Waals surface area (Å²) >= 11 is 13.3. The van der Waals surface area contributed by atoms with Gasteiger partial charge in [0.25, 0.3) is 0 Å². The number of aromatic nitrogens is 2. The van der Waals surface area contributed by atoms with Gasteiger partial charge in [0.15, 0.2) is 0 Å². The minimum Gasteiger partial charge on any atom is -0.495 e. The predicted octanol–water partition coefficient (Wildman–Crippen LogP) is 6.00. The number of nitrogens with one attached hydrogen (secondary N) is 1. The van der Waals surface area contributed by atoms with Crippen LogP contribution in [0.1, 0.15) is 26.7 Å². The van der Waals surface area contributed by atoms with E-state index < -0.39 is 0 Å². The Kier molecular flexibility index (Phi) is 7.32. The van der Waals surface area contributed by atoms with Crippen molar-refractivity contribution in [2.45, 2.75) is 38.8 Å². The van der Waals surface area contributed by atoms with Crippen LogP contribution in [0, 0.1) is 0 Å². The largest absolute Gasteiger partial charge is 0.495 e. The third kappa shape index (κ3) is 5.05. The van der Waals surface area contributed by atoms with Gasteiger partial charge in [-0.15, -0.1) is 0 Å². The van der Waals surface area contributed by atoms with Gasteiger partial charge in [-0.2, -0.15) is 0 Å². The van der Waals surface area contributed by atoms with E-state index in [-0.39, 0.29) is 12.1 Å². The summed E-state index contributed by atoms with van der Waals surface area (Å²) in [6.45, 7) is 5.38. The highest BCUT2D eigenvalue weighted by molar-refractivity contribution is 6.41. The van der Waals surface area contributed by atoms with Crippen molar-refractivity contribution in [3.63, 3.8) is 0 Å². The van der Waals surface area contributed by atoms with E-state index in [1.54, 1.807) is 12.3 Å². The highest BCUT2D eigenvalue weighted by Crippen LogP contribution is 2.46. The molecule has 0 bridgehead atoms. The fourth-order valence-corrected chi connectivity index (χ4v) is 4.50. The van der Waals surface area contributed by atoms with Crippen LogP contribution in [0.25, 0.3) is 22.0 Å². The average Bonchev–Trinajstić information content (AvgIpc) is 2.80. The van der Waals surface area contributed by atoms with Gasteiger partial charge in [-0.25, -0.2) is 9.97 Å². The van der Waals surface area contributed by atoms with Gasteiger partial charge in [0, 0.05) is 35.2 Å². The summed E-state index contributed by atoms with van der Waals surface area (Å²) < 4.78 is 22.5. The quantitative estimate of drug-likeness (QED) is 0.434. The second-order valence-corrected chi connectivity index (χ2v) is 8.87. The van der Waals surface area contributed by atoms with Crippen molar-refractivity contribution in [3.05, 3.63) is 34.4 Å². The molecule has 4 rings (SSSR count). The maximum atomic E-state index is 6.64. The summed E-state index contributed by atoms with van der Waals surface area (Å²) in [4.78, 5) is 9.39. The molecule has 0 amide bonds. The number of pyridine rings is 2. The fraction of sp³-hybridized carbons (Fsp3) is 0.417. The Hall–Kier alpha value is -2.48. The molecule has 1 unspecified atom stereocenters. The van der Waals surface area contributed by atoms with Crippen LogP contribution in [0.5, 0.6) is 17.4 Å². The van der Waals surface area contributed by atoms with Crippen LogP contribution in [0.2, 0.25) is 10.0 Å². The Labute approximate surface area is 203 Å². The van der Waals surface area contributed by atoms with Crippen molar-refractivity contribution in [3.8, 4) is 28.6 Å². The number of halogens is 2. The summed E-state index contributed by atoms with van der Waals surface area (Å²) in [6.07, 6.45) is 3.78. The van der Waals surface area contributed by atoms with Crippen LogP contribution in [0.15, 0.2) is 24.4 Å². The minimum atomic E-state index is -0.0851. The first kappa shape index (κ1) is 23.7. The lowest BCUT2D eigenvalue weighted by Crippen LogP contribution is -2.30. The molecule has 0 aliphatic carbocycles. The first-order chi connectivity index (χ1) is 15.9. The third-order valence-electron chi connectivity index (χ3n) is 5.37. The van der Waals surface area contributed by atoms with E-state index in [1.807, 2.05) is 26.0 Å². The molecular weight excluding hydrogens is 465 g/mol. The van der Waals surface area contributed by atoms with E-state index in [4.69, 9.17) is 47.1 Å². The summed E-state index contributed by atoms with van der Waals surface area (Å²) in [7, 11) is 3.07. The molecule has 3 heterocycles. The Morgan fingerprint density at radius 2 is 1.82 bits per heavy atom. The maximum absolute atomic E-state index is 6.64. The zero-order chi connectivity index (χ0) is 23.5. The van der Waals surface area contributed by atoms with Crippen molar-refractivity contribution in [1.82, 2.24) is 9.97 Å². The van der Waals surface area contributed by atoms with Crippen LogP contribution in [-0.2, 0) is 4.74 Å². The van der Waals surface area contributed by atoms with Gasteiger partial charge in [0.05, 0.1) is 48.7 Å². The Morgan fingerprint density at radius 3 is 2.42 bits per heavy atom. The maximum Gasteiger partial charge on any atom is 0.222 e. The molecular formula is C24H27Cl2N3O4. The number of hydrogen-bond acceptors (Lipinski definition) is 7. The van der Waals surface area contributed by atoms with Crippen molar-refractivity contribution in [1.29, 1.82) is 0 Å². The highest BCUT2D eigenvalue weighted by Gasteiger charge is 2.22. The molecule has 0 saturated carbocycles. The number of ether oxygens (including phenoxy) is 4. The van der Waals surface area contributed by atoms with Crippen LogP contribution in [0.4, 0.5) is 5.82 Å². The summed E-state index contributed by atoms with van der Waals surface area (Å²) in [6, 6.07) is 5.71. The van der Waals surface area contributed by atoms with Gasteiger partial charge in [-0.1, -0.05) is 23.2 Å². The zero-order valence-corrected chi connectivity index (χ0v) is 20.6. The van der Waals surface area contributed by atoms with Gasteiger partial charge in [0.2, 0.25) is 5.88 Å². The van der Waals surface area contributed by atoms with E-state index in [0.29, 0.717) is 45.3 Å². The lowest BCUT2D eigenvalue weighted by Gasteiger charge is -2.24. The normalized spacial score (nSPS) is 16.2. The highest BCUT2D eigenvalue weighted by atomic mass is 35.5. The van der Waals surface area contributed by atoms with E-state index >= 15 is 0 Å². The molecule has 2 aromatic heterocycles. The molecule has 1 aromatic carbocycles. The molecule has 1 fully saturated rings. The number of benzene rings is 1. The van der Waals surface area contributed by atoms with Gasteiger partial charge in [0.1, 0.15) is 17.3 Å². The van der Waals surface area contributed by atoms with Crippen LogP contribution in [-0.4, -0.2) is 49.5 Å². The lowest BCUT2D eigenvalue weighted by molar-refractivity contribution is 0.0875. The number of hydrogen-bond donors (Lipinski definition) is 1. The molecule has 1 aliphatic rings. The number of nitrogens with zero attached hydrogens (tertiary/aromatic N) is 2. The van der Waals surface area contributed by atoms with Crippen molar-refractivity contribution in [2.24, 2.45) is 0 Å². The average molecular weight is 492 g/mol. The molecule has 1 saturated heterocycles. The Bertz CT molecular complexity index is 1120. The van der Waals surface area contributed by atoms with Crippen LogP contribution >= 0.6 is 23.2 Å². The topological polar surface area (TPSA) is 74.7 Å². The predicted molar refractivity (Wildman–Crippen MR) is 131 cm³/mol. The Morgan fingerprint density at radius 1 is 1.09 bits per heavy atom. The fourth-order valence-electron chi connectivity index (χ4n) is 3.81. The van der Waals surface area contributed by atoms with E-state index in [0.717, 1.165) is 36.0 Å². The smallest absolute Gasteiger partial charge is 0.222 e. The Balaban J connectivity index is 1.83.